The van der Waals surface area contributed by atoms with Crippen molar-refractivity contribution in [3.05, 3.63) is 65.7 Å². The number of methoxy groups -OCH3 is 1. The lowest BCUT2D eigenvalue weighted by Gasteiger charge is -2.33. The molecule has 0 radical (unpaired) electrons. The number of nitrogens with zero attached hydrogens (tertiary/aromatic N) is 1. The normalized spacial score (nSPS) is 18.3. The average molecular weight is 391 g/mol. The van der Waals surface area contributed by atoms with Gasteiger partial charge in [-0.2, -0.15) is 0 Å². The van der Waals surface area contributed by atoms with E-state index >= 15 is 0 Å². The summed E-state index contributed by atoms with van der Waals surface area (Å²) in [5.74, 6) is 0.677. The molecule has 0 spiro atoms. The molecule has 0 bridgehead atoms. The van der Waals surface area contributed by atoms with E-state index in [-0.39, 0.29) is 11.9 Å². The van der Waals surface area contributed by atoms with Crippen LogP contribution >= 0.6 is 0 Å². The molecule has 7 heteroatoms. The van der Waals surface area contributed by atoms with E-state index in [0.29, 0.717) is 25.4 Å². The summed E-state index contributed by atoms with van der Waals surface area (Å²) in [5.41, 5.74) is 1.89. The first-order valence-corrected chi connectivity index (χ1v) is 10.7. The number of benzene rings is 2. The first kappa shape index (κ1) is 19.8. The molecule has 1 aliphatic rings. The van der Waals surface area contributed by atoms with Crippen molar-refractivity contribution >= 4 is 10.0 Å². The van der Waals surface area contributed by atoms with Crippen molar-refractivity contribution in [2.75, 3.05) is 39.9 Å². The van der Waals surface area contributed by atoms with E-state index in [2.05, 4.69) is 21.8 Å². The fourth-order valence-corrected chi connectivity index (χ4v) is 4.26. The maximum Gasteiger partial charge on any atom is 0.215 e. The van der Waals surface area contributed by atoms with Crippen molar-refractivity contribution in [3.63, 3.8) is 0 Å². The second-order valence-electron chi connectivity index (χ2n) is 6.57. The van der Waals surface area contributed by atoms with Crippen molar-refractivity contribution < 1.29 is 17.9 Å². The molecule has 1 aliphatic heterocycles. The maximum absolute atomic E-state index is 12.3. The Balaban J connectivity index is 1.46. The molecule has 0 aliphatic carbocycles. The molecule has 0 amide bonds. The fourth-order valence-electron chi connectivity index (χ4n) is 3.13. The number of hydrogen-bond donors (Lipinski definition) is 1. The largest absolute Gasteiger partial charge is 0.497 e. The van der Waals surface area contributed by atoms with Gasteiger partial charge in [-0.15, -0.1) is 0 Å². The molecule has 1 saturated heterocycles. The molecule has 2 aromatic rings. The molecule has 146 valence electrons. The van der Waals surface area contributed by atoms with Gasteiger partial charge in [-0.25, -0.2) is 13.1 Å². The summed E-state index contributed by atoms with van der Waals surface area (Å²) < 4.78 is 38.2. The van der Waals surface area contributed by atoms with E-state index in [4.69, 9.17) is 9.47 Å². The lowest BCUT2D eigenvalue weighted by molar-refractivity contribution is -0.0291. The summed E-state index contributed by atoms with van der Waals surface area (Å²) in [7, 11) is -1.78. The Morgan fingerprint density at radius 1 is 1.15 bits per heavy atom. The maximum atomic E-state index is 12.3. The Morgan fingerprint density at radius 3 is 2.59 bits per heavy atom. The van der Waals surface area contributed by atoms with Crippen LogP contribution in [0.1, 0.15) is 17.2 Å². The van der Waals surface area contributed by atoms with Gasteiger partial charge in [-0.05, 0) is 23.3 Å². The third-order valence-electron chi connectivity index (χ3n) is 4.59. The zero-order valence-electron chi connectivity index (χ0n) is 15.5. The smallest absolute Gasteiger partial charge is 0.215 e. The van der Waals surface area contributed by atoms with E-state index in [0.717, 1.165) is 24.2 Å². The summed E-state index contributed by atoms with van der Waals surface area (Å²) in [5, 5.41) is 0. The van der Waals surface area contributed by atoms with Gasteiger partial charge in [0, 0.05) is 26.2 Å². The molecular weight excluding hydrogens is 364 g/mol. The number of nitrogens with one attached hydrogen (secondary N) is 1. The molecule has 27 heavy (non-hydrogen) atoms. The Kier molecular flexibility index (Phi) is 6.84. The lowest BCUT2D eigenvalue weighted by Crippen LogP contribution is -2.42. The zero-order chi connectivity index (χ0) is 19.1. The van der Waals surface area contributed by atoms with Gasteiger partial charge < -0.3 is 9.47 Å². The van der Waals surface area contributed by atoms with Gasteiger partial charge in [0.1, 0.15) is 5.75 Å². The van der Waals surface area contributed by atoms with Crippen LogP contribution < -0.4 is 9.46 Å². The van der Waals surface area contributed by atoms with Crippen molar-refractivity contribution in [2.45, 2.75) is 11.9 Å². The van der Waals surface area contributed by atoms with Gasteiger partial charge in [0.05, 0.1) is 25.6 Å². The van der Waals surface area contributed by atoms with E-state index < -0.39 is 10.0 Å². The van der Waals surface area contributed by atoms with Gasteiger partial charge in [0.2, 0.25) is 10.0 Å². The third kappa shape index (κ3) is 6.04. The highest BCUT2D eigenvalue weighted by Crippen LogP contribution is 2.21. The van der Waals surface area contributed by atoms with Crippen molar-refractivity contribution in [2.24, 2.45) is 0 Å². The molecule has 1 heterocycles. The van der Waals surface area contributed by atoms with Gasteiger partial charge in [-0.3, -0.25) is 4.90 Å². The Labute approximate surface area is 161 Å². The molecule has 0 saturated carbocycles. The second-order valence-corrected chi connectivity index (χ2v) is 8.38. The number of hydrogen-bond acceptors (Lipinski definition) is 5. The van der Waals surface area contributed by atoms with Gasteiger partial charge in [0.15, 0.2) is 0 Å². The first-order chi connectivity index (χ1) is 13.1. The van der Waals surface area contributed by atoms with Gasteiger partial charge in [0.25, 0.3) is 0 Å². The van der Waals surface area contributed by atoms with Gasteiger partial charge >= 0.3 is 0 Å². The van der Waals surface area contributed by atoms with Crippen LogP contribution in [0, 0.1) is 0 Å². The molecule has 6 nitrogen and oxygen atoms in total. The summed E-state index contributed by atoms with van der Waals surface area (Å²) in [6.45, 7) is 3.28. The van der Waals surface area contributed by atoms with Crippen LogP contribution in [0.3, 0.4) is 0 Å². The van der Waals surface area contributed by atoms with Crippen molar-refractivity contribution in [1.82, 2.24) is 9.62 Å². The highest BCUT2D eigenvalue weighted by atomic mass is 32.2. The first-order valence-electron chi connectivity index (χ1n) is 9.05. The SMILES string of the molecule is COc1ccc(CS(=O)(=O)NCCN2CCOC(c3ccccc3)C2)cc1. The standard InChI is InChI=1S/C20H26N2O4S/c1-25-19-9-7-17(8-10-19)16-27(23,24)21-11-12-22-13-14-26-20(15-22)18-5-3-2-4-6-18/h2-10,20-21H,11-16H2,1H3. The molecule has 0 aromatic heterocycles. The second kappa shape index (κ2) is 9.32. The minimum atomic E-state index is -3.37. The zero-order valence-corrected chi connectivity index (χ0v) is 16.3. The Morgan fingerprint density at radius 2 is 1.89 bits per heavy atom. The monoisotopic (exact) mass is 390 g/mol. The summed E-state index contributed by atoms with van der Waals surface area (Å²) in [6.07, 6.45) is 0.0378. The van der Waals surface area contributed by atoms with E-state index in [1.807, 2.05) is 18.2 Å². The Bertz CT molecular complexity index is 810. The summed E-state index contributed by atoms with van der Waals surface area (Å²) in [6, 6.07) is 17.2. The van der Waals surface area contributed by atoms with E-state index in [9.17, 15) is 8.42 Å². The fraction of sp³-hybridized carbons (Fsp3) is 0.400. The van der Waals surface area contributed by atoms with Crippen LogP contribution in [0.5, 0.6) is 5.75 Å². The number of morpholine rings is 1. The molecule has 1 N–H and O–H groups in total. The van der Waals surface area contributed by atoms with Crippen LogP contribution in [0.25, 0.3) is 0 Å². The predicted octanol–water partition coefficient (Wildman–Crippen LogP) is 2.19. The van der Waals surface area contributed by atoms with Crippen molar-refractivity contribution in [1.29, 1.82) is 0 Å². The minimum Gasteiger partial charge on any atom is -0.497 e. The predicted molar refractivity (Wildman–Crippen MR) is 105 cm³/mol. The minimum absolute atomic E-state index is 0.0350. The van der Waals surface area contributed by atoms with E-state index in [1.165, 1.54) is 0 Å². The van der Waals surface area contributed by atoms with E-state index in [1.54, 1.807) is 31.4 Å². The molecular formula is C20H26N2O4S. The number of sulfonamides is 1. The summed E-state index contributed by atoms with van der Waals surface area (Å²) >= 11 is 0. The van der Waals surface area contributed by atoms with Crippen LogP contribution in [-0.4, -0.2) is 53.2 Å². The highest BCUT2D eigenvalue weighted by molar-refractivity contribution is 7.88. The number of ether oxygens (including phenoxy) is 2. The lowest BCUT2D eigenvalue weighted by atomic mass is 10.1. The summed E-state index contributed by atoms with van der Waals surface area (Å²) in [4.78, 5) is 2.23. The average Bonchev–Trinajstić information content (AvgIpc) is 2.69. The van der Waals surface area contributed by atoms with Crippen LogP contribution in [0.15, 0.2) is 54.6 Å². The Hall–Kier alpha value is -1.93. The van der Waals surface area contributed by atoms with Crippen molar-refractivity contribution in [3.8, 4) is 5.75 Å². The van der Waals surface area contributed by atoms with Gasteiger partial charge in [-0.1, -0.05) is 42.5 Å². The van der Waals surface area contributed by atoms with Crippen LogP contribution in [0.2, 0.25) is 0 Å². The quantitative estimate of drug-likeness (QED) is 0.748. The highest BCUT2D eigenvalue weighted by Gasteiger charge is 2.22. The third-order valence-corrected chi connectivity index (χ3v) is 5.95. The van der Waals surface area contributed by atoms with Crippen LogP contribution in [0.4, 0.5) is 0 Å². The topological polar surface area (TPSA) is 67.9 Å². The number of rotatable bonds is 8. The molecule has 1 atom stereocenters. The molecule has 3 rings (SSSR count). The molecule has 1 unspecified atom stereocenters. The van der Waals surface area contributed by atoms with Crippen LogP contribution in [-0.2, 0) is 20.5 Å². The molecule has 1 fully saturated rings. The molecule has 2 aromatic carbocycles.